The quantitative estimate of drug-likeness (QED) is 0.837. The van der Waals surface area contributed by atoms with Gasteiger partial charge < -0.3 is 9.84 Å². The monoisotopic (exact) mass is 375 g/mol. The normalized spacial score (nSPS) is 11.8. The summed E-state index contributed by atoms with van der Waals surface area (Å²) in [7, 11) is -3.07. The molecule has 0 aliphatic carbocycles. The van der Waals surface area contributed by atoms with Crippen LogP contribution in [0.5, 0.6) is 5.75 Å². The SMILES string of the molecule is COc1ccc(S(=O)(=O)Nc2cccc(C(F)(F)F)c2)cc1C(=O)O. The molecule has 10 heteroatoms. The molecule has 2 N–H and O–H groups in total. The number of ether oxygens (including phenoxy) is 1. The molecule has 0 atom stereocenters. The third-order valence-corrected chi connectivity index (χ3v) is 4.53. The van der Waals surface area contributed by atoms with Crippen molar-refractivity contribution in [2.75, 3.05) is 11.8 Å². The highest BCUT2D eigenvalue weighted by Crippen LogP contribution is 2.31. The van der Waals surface area contributed by atoms with Crippen molar-refractivity contribution in [1.82, 2.24) is 0 Å². The van der Waals surface area contributed by atoms with Crippen LogP contribution in [0.25, 0.3) is 0 Å². The van der Waals surface area contributed by atoms with Crippen LogP contribution >= 0.6 is 0 Å². The summed E-state index contributed by atoms with van der Waals surface area (Å²) in [6, 6.07) is 6.72. The zero-order chi connectivity index (χ0) is 18.8. The van der Waals surface area contributed by atoms with Crippen molar-refractivity contribution in [3.05, 3.63) is 53.6 Å². The van der Waals surface area contributed by atoms with E-state index in [0.717, 1.165) is 36.4 Å². The van der Waals surface area contributed by atoms with Gasteiger partial charge in [-0.05, 0) is 36.4 Å². The summed E-state index contributed by atoms with van der Waals surface area (Å²) in [4.78, 5) is 10.7. The highest BCUT2D eigenvalue weighted by Gasteiger charge is 2.30. The van der Waals surface area contributed by atoms with E-state index < -0.39 is 38.2 Å². The molecule has 0 aromatic heterocycles. The fraction of sp³-hybridized carbons (Fsp3) is 0.133. The van der Waals surface area contributed by atoms with Crippen molar-refractivity contribution in [3.8, 4) is 5.75 Å². The lowest BCUT2D eigenvalue weighted by atomic mass is 10.2. The minimum Gasteiger partial charge on any atom is -0.496 e. The van der Waals surface area contributed by atoms with Gasteiger partial charge >= 0.3 is 12.1 Å². The summed E-state index contributed by atoms with van der Waals surface area (Å²) in [5.41, 5.74) is -1.72. The number of carboxylic acids is 1. The van der Waals surface area contributed by atoms with E-state index >= 15 is 0 Å². The summed E-state index contributed by atoms with van der Waals surface area (Å²) >= 11 is 0. The number of methoxy groups -OCH3 is 1. The predicted molar refractivity (Wildman–Crippen MR) is 82.2 cm³/mol. The van der Waals surface area contributed by atoms with E-state index in [1.165, 1.54) is 7.11 Å². The highest BCUT2D eigenvalue weighted by molar-refractivity contribution is 7.92. The number of halogens is 3. The molecular formula is C15H12F3NO5S. The Morgan fingerprint density at radius 3 is 2.40 bits per heavy atom. The number of carbonyl (C=O) groups is 1. The number of aromatic carboxylic acids is 1. The minimum atomic E-state index is -4.63. The van der Waals surface area contributed by atoms with E-state index in [1.807, 2.05) is 4.72 Å². The van der Waals surface area contributed by atoms with Gasteiger partial charge in [-0.2, -0.15) is 13.2 Å². The number of benzene rings is 2. The molecule has 0 amide bonds. The second kappa shape index (κ2) is 6.63. The number of carboxylic acid groups (broad SMARTS) is 1. The molecular weight excluding hydrogens is 363 g/mol. The molecule has 134 valence electrons. The molecule has 0 heterocycles. The summed E-state index contributed by atoms with van der Waals surface area (Å²) in [6.45, 7) is 0. The molecule has 2 rings (SSSR count). The van der Waals surface area contributed by atoms with E-state index in [2.05, 4.69) is 0 Å². The average molecular weight is 375 g/mol. The third kappa shape index (κ3) is 4.21. The Kier molecular flexibility index (Phi) is 4.93. The fourth-order valence-electron chi connectivity index (χ4n) is 1.99. The summed E-state index contributed by atoms with van der Waals surface area (Å²) < 4.78 is 69.5. The Labute approximate surface area is 140 Å². The number of hydrogen-bond donors (Lipinski definition) is 2. The van der Waals surface area contributed by atoms with Gasteiger partial charge in [-0.1, -0.05) is 6.07 Å². The summed E-state index contributed by atoms with van der Waals surface area (Å²) in [5, 5.41) is 9.08. The highest BCUT2D eigenvalue weighted by atomic mass is 32.2. The Hall–Kier alpha value is -2.75. The summed E-state index contributed by atoms with van der Waals surface area (Å²) in [5.74, 6) is -1.46. The molecule has 2 aromatic carbocycles. The lowest BCUT2D eigenvalue weighted by Gasteiger charge is -2.12. The van der Waals surface area contributed by atoms with Gasteiger partial charge in [0.2, 0.25) is 0 Å². The van der Waals surface area contributed by atoms with Crippen LogP contribution in [0, 0.1) is 0 Å². The van der Waals surface area contributed by atoms with Crippen LogP contribution in [0.1, 0.15) is 15.9 Å². The first-order valence-electron chi connectivity index (χ1n) is 6.66. The van der Waals surface area contributed by atoms with Crippen LogP contribution in [0.4, 0.5) is 18.9 Å². The van der Waals surface area contributed by atoms with Crippen LogP contribution in [-0.2, 0) is 16.2 Å². The lowest BCUT2D eigenvalue weighted by molar-refractivity contribution is -0.137. The van der Waals surface area contributed by atoms with Gasteiger partial charge in [0, 0.05) is 5.69 Å². The average Bonchev–Trinajstić information content (AvgIpc) is 2.53. The molecule has 2 aromatic rings. The molecule has 6 nitrogen and oxygen atoms in total. The van der Waals surface area contributed by atoms with Crippen LogP contribution in [0.15, 0.2) is 47.4 Å². The van der Waals surface area contributed by atoms with Gasteiger partial charge in [0.25, 0.3) is 10.0 Å². The third-order valence-electron chi connectivity index (χ3n) is 3.15. The second-order valence-corrected chi connectivity index (χ2v) is 6.53. The zero-order valence-corrected chi connectivity index (χ0v) is 13.5. The number of sulfonamides is 1. The maximum atomic E-state index is 12.7. The first-order chi connectivity index (χ1) is 11.5. The van der Waals surface area contributed by atoms with Gasteiger partial charge in [0.1, 0.15) is 11.3 Å². The number of hydrogen-bond acceptors (Lipinski definition) is 4. The van der Waals surface area contributed by atoms with Crippen molar-refractivity contribution >= 4 is 21.7 Å². The molecule has 0 aliphatic heterocycles. The maximum absolute atomic E-state index is 12.7. The molecule has 0 unspecified atom stereocenters. The standard InChI is InChI=1S/C15H12F3NO5S/c1-24-13-6-5-11(8-12(13)14(20)21)25(22,23)19-10-4-2-3-9(7-10)15(16,17)18/h2-8,19H,1H3,(H,20,21). The molecule has 0 saturated carbocycles. The van der Waals surface area contributed by atoms with E-state index in [1.54, 1.807) is 0 Å². The molecule has 0 spiro atoms. The van der Waals surface area contributed by atoms with Gasteiger partial charge in [-0.15, -0.1) is 0 Å². The summed E-state index contributed by atoms with van der Waals surface area (Å²) in [6.07, 6.45) is -4.63. The lowest BCUT2D eigenvalue weighted by Crippen LogP contribution is -2.15. The van der Waals surface area contributed by atoms with Crippen molar-refractivity contribution in [2.24, 2.45) is 0 Å². The smallest absolute Gasteiger partial charge is 0.416 e. The van der Waals surface area contributed by atoms with Crippen LogP contribution < -0.4 is 9.46 Å². The minimum absolute atomic E-state index is 0.0504. The van der Waals surface area contributed by atoms with Crippen molar-refractivity contribution in [1.29, 1.82) is 0 Å². The molecule has 25 heavy (non-hydrogen) atoms. The van der Waals surface area contributed by atoms with Crippen LogP contribution in [-0.4, -0.2) is 26.6 Å². The van der Waals surface area contributed by atoms with E-state index in [0.29, 0.717) is 6.07 Å². The van der Waals surface area contributed by atoms with E-state index in [9.17, 15) is 26.4 Å². The Bertz CT molecular complexity index is 910. The number of rotatable bonds is 5. The van der Waals surface area contributed by atoms with Crippen LogP contribution in [0.2, 0.25) is 0 Å². The molecule has 0 fully saturated rings. The number of anilines is 1. The molecule has 0 aliphatic rings. The predicted octanol–water partition coefficient (Wildman–Crippen LogP) is 3.21. The van der Waals surface area contributed by atoms with E-state index in [4.69, 9.17) is 9.84 Å². The van der Waals surface area contributed by atoms with E-state index in [-0.39, 0.29) is 11.4 Å². The van der Waals surface area contributed by atoms with Crippen molar-refractivity contribution < 1.29 is 36.2 Å². The van der Waals surface area contributed by atoms with Gasteiger partial charge in [-0.25, -0.2) is 13.2 Å². The zero-order valence-electron chi connectivity index (χ0n) is 12.7. The number of alkyl halides is 3. The van der Waals surface area contributed by atoms with Gasteiger partial charge in [0.15, 0.2) is 0 Å². The molecule has 0 radical (unpaired) electrons. The Morgan fingerprint density at radius 1 is 1.16 bits per heavy atom. The first-order valence-corrected chi connectivity index (χ1v) is 8.14. The van der Waals surface area contributed by atoms with Crippen LogP contribution in [0.3, 0.4) is 0 Å². The first kappa shape index (κ1) is 18.6. The Morgan fingerprint density at radius 2 is 1.84 bits per heavy atom. The molecule has 0 saturated heterocycles. The van der Waals surface area contributed by atoms with Crippen molar-refractivity contribution in [2.45, 2.75) is 11.1 Å². The van der Waals surface area contributed by atoms with Crippen molar-refractivity contribution in [3.63, 3.8) is 0 Å². The second-order valence-electron chi connectivity index (χ2n) is 4.85. The fourth-order valence-corrected chi connectivity index (χ4v) is 3.07. The topological polar surface area (TPSA) is 92.7 Å². The maximum Gasteiger partial charge on any atom is 0.416 e. The van der Waals surface area contributed by atoms with Gasteiger partial charge in [-0.3, -0.25) is 4.72 Å². The number of nitrogens with one attached hydrogen (secondary N) is 1. The van der Waals surface area contributed by atoms with Gasteiger partial charge in [0.05, 0.1) is 17.6 Å². The molecule has 0 bridgehead atoms. The largest absolute Gasteiger partial charge is 0.496 e. The Balaban J connectivity index is 2.40.